The van der Waals surface area contributed by atoms with Crippen molar-refractivity contribution in [1.82, 2.24) is 14.8 Å². The van der Waals surface area contributed by atoms with E-state index in [0.717, 1.165) is 43.1 Å². The van der Waals surface area contributed by atoms with Crippen LogP contribution in [-0.2, 0) is 22.2 Å². The number of nitrogens with zero attached hydrogens (tertiary/aromatic N) is 2. The summed E-state index contributed by atoms with van der Waals surface area (Å²) in [5, 5.41) is 12.4. The lowest BCUT2D eigenvalue weighted by Gasteiger charge is -2.27. The number of likely N-dealkylation sites (tertiary alicyclic amines) is 1. The van der Waals surface area contributed by atoms with Crippen LogP contribution in [-0.4, -0.2) is 46.1 Å². The van der Waals surface area contributed by atoms with Crippen molar-refractivity contribution in [1.29, 1.82) is 0 Å². The quantitative estimate of drug-likeness (QED) is 0.151. The normalized spacial score (nSPS) is 16.6. The highest BCUT2D eigenvalue weighted by molar-refractivity contribution is 5.82. The molecule has 2 heterocycles. The average Bonchev–Trinajstić information content (AvgIpc) is 3.67. The minimum absolute atomic E-state index is 0.00204. The molecule has 1 aliphatic heterocycles. The molecule has 1 spiro atoms. The van der Waals surface area contributed by atoms with Gasteiger partial charge in [-0.1, -0.05) is 19.8 Å². The number of carboxylic acids is 1. The van der Waals surface area contributed by atoms with Crippen LogP contribution in [0.5, 0.6) is 0 Å². The number of aryl methyl sites for hydroxylation is 2. The van der Waals surface area contributed by atoms with Gasteiger partial charge in [0.25, 0.3) is 5.56 Å². The Balaban J connectivity index is 1.53. The van der Waals surface area contributed by atoms with Crippen molar-refractivity contribution in [2.45, 2.75) is 84.5 Å². The summed E-state index contributed by atoms with van der Waals surface area (Å²) in [5.74, 6) is -1.67. The second kappa shape index (κ2) is 14.6. The number of carbonyl (C=O) groups is 2. The number of aliphatic carboxylic acids is 1. The predicted octanol–water partition coefficient (Wildman–Crippen LogP) is 7.36. The van der Waals surface area contributed by atoms with Crippen LogP contribution < -0.4 is 10.9 Å². The molecular formula is C39H42F5N3O4. The molecule has 7 nitrogen and oxygen atoms in total. The molecule has 0 bridgehead atoms. The molecule has 1 aliphatic carbocycles. The maximum atomic E-state index is 15.9. The summed E-state index contributed by atoms with van der Waals surface area (Å²) in [6.45, 7) is 8.79. The minimum atomic E-state index is -4.81. The first-order chi connectivity index (χ1) is 23.9. The zero-order valence-corrected chi connectivity index (χ0v) is 29.1. The number of halogens is 5. The van der Waals surface area contributed by atoms with Crippen LogP contribution in [0.2, 0.25) is 0 Å². The van der Waals surface area contributed by atoms with E-state index in [1.165, 1.54) is 24.3 Å². The van der Waals surface area contributed by atoms with Crippen LogP contribution in [0, 0.1) is 49.2 Å². The van der Waals surface area contributed by atoms with Gasteiger partial charge in [-0.2, -0.15) is 13.2 Å². The molecule has 2 aliphatic rings. The lowest BCUT2D eigenvalue weighted by molar-refractivity contribution is -0.139. The van der Waals surface area contributed by atoms with Crippen molar-refractivity contribution in [3.63, 3.8) is 0 Å². The van der Waals surface area contributed by atoms with E-state index in [4.69, 9.17) is 6.42 Å². The Bertz CT molecular complexity index is 1920. The second-order valence-electron chi connectivity index (χ2n) is 14.5. The third-order valence-electron chi connectivity index (χ3n) is 10.1. The van der Waals surface area contributed by atoms with Crippen molar-refractivity contribution in [3.05, 3.63) is 91.9 Å². The molecule has 2 N–H and O–H groups in total. The Kier molecular flexibility index (Phi) is 10.8. The Morgan fingerprint density at radius 3 is 2.27 bits per heavy atom. The SMILES string of the molecule is C#Cc1cc(-c2c(C)cc(F)cc2C)cc([C@H](CC(=O)O)NC(=O)[C@H](CC(C)C)n2cc(CCN3CCC4(CC4)C3)c(C(F)(F)F)cc2=O)c1F. The molecule has 2 aromatic carbocycles. The second-order valence-corrected chi connectivity index (χ2v) is 14.5. The number of hydrogen-bond acceptors (Lipinski definition) is 4. The Labute approximate surface area is 293 Å². The highest BCUT2D eigenvalue weighted by Gasteiger charge is 2.47. The molecule has 5 rings (SSSR count). The van der Waals surface area contributed by atoms with E-state index in [1.54, 1.807) is 27.7 Å². The topological polar surface area (TPSA) is 91.6 Å². The smallest absolute Gasteiger partial charge is 0.416 e. The van der Waals surface area contributed by atoms with Crippen LogP contribution in [0.25, 0.3) is 11.1 Å². The number of carbonyl (C=O) groups excluding carboxylic acids is 1. The number of alkyl halides is 3. The molecule has 3 aromatic rings. The van der Waals surface area contributed by atoms with Gasteiger partial charge >= 0.3 is 12.1 Å². The van der Waals surface area contributed by atoms with Gasteiger partial charge in [-0.3, -0.25) is 14.4 Å². The summed E-state index contributed by atoms with van der Waals surface area (Å²) in [5.41, 5.74) is -0.515. The van der Waals surface area contributed by atoms with Gasteiger partial charge in [0.15, 0.2) is 0 Å². The van der Waals surface area contributed by atoms with E-state index in [-0.39, 0.29) is 40.9 Å². The largest absolute Gasteiger partial charge is 0.481 e. The molecule has 1 saturated heterocycles. The van der Waals surface area contributed by atoms with Gasteiger partial charge in [-0.25, -0.2) is 8.78 Å². The first-order valence-electron chi connectivity index (χ1n) is 17.1. The van der Waals surface area contributed by atoms with E-state index >= 15 is 4.39 Å². The third kappa shape index (κ3) is 8.52. The zero-order valence-electron chi connectivity index (χ0n) is 29.1. The summed E-state index contributed by atoms with van der Waals surface area (Å²) in [4.78, 5) is 41.7. The Morgan fingerprint density at radius 2 is 1.73 bits per heavy atom. The van der Waals surface area contributed by atoms with Crippen LogP contribution in [0.15, 0.2) is 41.3 Å². The standard InChI is InChI=1S/C39H42F5N3O4/c1-6-25-16-27(35-23(4)14-28(40)15-24(35)5)17-29(36(25)41)31(19-34(49)50)45-37(51)32(13-22(2)3)47-20-26(30(18-33(47)48)39(42,43)44)7-11-46-12-10-38(21-46)8-9-38/h1,14-18,20,22,31-32H,7-13,19,21H2,2-5H3,(H,45,51)(H,49,50)/t31-,32-/m0/s1. The molecule has 2 atom stereocenters. The van der Waals surface area contributed by atoms with Crippen molar-refractivity contribution in [2.75, 3.05) is 19.6 Å². The number of terminal acetylenes is 1. The maximum absolute atomic E-state index is 15.9. The van der Waals surface area contributed by atoms with E-state index < -0.39 is 59.3 Å². The van der Waals surface area contributed by atoms with E-state index in [1.807, 2.05) is 0 Å². The highest BCUT2D eigenvalue weighted by atomic mass is 19.4. The van der Waals surface area contributed by atoms with Crippen LogP contribution in [0.4, 0.5) is 22.0 Å². The predicted molar refractivity (Wildman–Crippen MR) is 183 cm³/mol. The fourth-order valence-corrected chi connectivity index (χ4v) is 7.37. The molecule has 1 aromatic heterocycles. The molecule has 0 radical (unpaired) electrons. The number of rotatable bonds is 12. The van der Waals surface area contributed by atoms with Gasteiger partial charge in [-0.05, 0) is 116 Å². The summed E-state index contributed by atoms with van der Waals surface area (Å²) in [6, 6.07) is 2.97. The summed E-state index contributed by atoms with van der Waals surface area (Å²) >= 11 is 0. The fourth-order valence-electron chi connectivity index (χ4n) is 7.37. The van der Waals surface area contributed by atoms with E-state index in [2.05, 4.69) is 16.1 Å². The van der Waals surface area contributed by atoms with Gasteiger partial charge < -0.3 is 19.9 Å². The number of hydrogen-bond donors (Lipinski definition) is 2. The van der Waals surface area contributed by atoms with Gasteiger partial charge in [0.2, 0.25) is 5.91 Å². The first-order valence-corrected chi connectivity index (χ1v) is 17.1. The van der Waals surface area contributed by atoms with E-state index in [0.29, 0.717) is 34.9 Å². The minimum Gasteiger partial charge on any atom is -0.481 e. The lowest BCUT2D eigenvalue weighted by Crippen LogP contribution is -2.41. The fraction of sp³-hybridized carbons (Fsp3) is 0.462. The van der Waals surface area contributed by atoms with Gasteiger partial charge in [0.1, 0.15) is 17.7 Å². The molecule has 12 heteroatoms. The molecule has 1 saturated carbocycles. The number of pyridine rings is 1. The van der Waals surface area contributed by atoms with Gasteiger partial charge in [0.05, 0.1) is 23.6 Å². The van der Waals surface area contributed by atoms with Crippen molar-refractivity contribution in [2.24, 2.45) is 11.3 Å². The number of benzene rings is 2. The van der Waals surface area contributed by atoms with Crippen LogP contribution in [0.3, 0.4) is 0 Å². The number of carboxylic acid groups (broad SMARTS) is 1. The molecule has 2 fully saturated rings. The number of amides is 1. The summed E-state index contributed by atoms with van der Waals surface area (Å²) in [7, 11) is 0. The Morgan fingerprint density at radius 1 is 1.06 bits per heavy atom. The number of nitrogens with one attached hydrogen (secondary N) is 1. The number of aromatic nitrogens is 1. The molecular weight excluding hydrogens is 669 g/mol. The first kappa shape index (κ1) is 37.7. The zero-order chi connectivity index (χ0) is 37.4. The van der Waals surface area contributed by atoms with Gasteiger partial charge in [-0.15, -0.1) is 6.42 Å². The summed E-state index contributed by atoms with van der Waals surface area (Å²) < 4.78 is 73.6. The maximum Gasteiger partial charge on any atom is 0.416 e. The Hall–Kier alpha value is -4.50. The van der Waals surface area contributed by atoms with Crippen LogP contribution in [0.1, 0.15) is 91.4 Å². The molecule has 51 heavy (non-hydrogen) atoms. The van der Waals surface area contributed by atoms with Crippen molar-refractivity contribution < 1.29 is 36.6 Å². The van der Waals surface area contributed by atoms with Crippen molar-refractivity contribution >= 4 is 11.9 Å². The third-order valence-corrected chi connectivity index (χ3v) is 10.1. The molecule has 272 valence electrons. The lowest BCUT2D eigenvalue weighted by atomic mass is 9.90. The molecule has 0 unspecified atom stereocenters. The highest BCUT2D eigenvalue weighted by Crippen LogP contribution is 2.52. The molecule has 1 amide bonds. The van der Waals surface area contributed by atoms with Gasteiger partial charge in [0, 0.05) is 30.9 Å². The van der Waals surface area contributed by atoms with Crippen molar-refractivity contribution in [3.8, 4) is 23.5 Å². The monoisotopic (exact) mass is 711 g/mol. The van der Waals surface area contributed by atoms with Crippen LogP contribution >= 0.6 is 0 Å². The van der Waals surface area contributed by atoms with E-state index in [9.17, 15) is 37.1 Å². The average molecular weight is 712 g/mol. The summed E-state index contributed by atoms with van der Waals surface area (Å²) in [6.07, 6.45) is 4.36.